The number of H-pyrrole nitrogens is 1. The number of anilines is 1. The molecule has 1 saturated heterocycles. The molecule has 1 aromatic carbocycles. The van der Waals surface area contributed by atoms with Crippen LogP contribution in [0.3, 0.4) is 0 Å². The highest BCUT2D eigenvalue weighted by molar-refractivity contribution is 5.86. The second kappa shape index (κ2) is 8.50. The first-order chi connectivity index (χ1) is 11.1. The number of fused-ring (bicyclic) bond motifs is 1. The minimum atomic E-state index is -0.502. The normalized spacial score (nSPS) is 14.9. The highest BCUT2D eigenvalue weighted by atomic mass is 16.5. The van der Waals surface area contributed by atoms with E-state index in [9.17, 15) is 4.79 Å². The van der Waals surface area contributed by atoms with Gasteiger partial charge in [-0.15, -0.1) is 0 Å². The third-order valence-electron chi connectivity index (χ3n) is 3.47. The maximum atomic E-state index is 11.2. The van der Waals surface area contributed by atoms with E-state index in [1.165, 1.54) is 13.1 Å². The number of aromatic amines is 1. The Morgan fingerprint density at radius 1 is 1.39 bits per heavy atom. The van der Waals surface area contributed by atoms with Crippen LogP contribution in [-0.2, 0) is 4.74 Å². The van der Waals surface area contributed by atoms with Crippen LogP contribution in [0.25, 0.3) is 11.0 Å². The summed E-state index contributed by atoms with van der Waals surface area (Å²) in [4.78, 5) is 20.7. The molecule has 0 saturated carbocycles. The number of amides is 1. The fourth-order valence-electron chi connectivity index (χ4n) is 2.22. The second-order valence-corrected chi connectivity index (χ2v) is 5.50. The SMILES string of the molecule is CCOC(=O)Nc1nc2ccc(C)cc2[nH]1.CN1CCNCC1. The second-order valence-electron chi connectivity index (χ2n) is 5.50. The van der Waals surface area contributed by atoms with Gasteiger partial charge in [0.1, 0.15) is 0 Å². The number of piperazine rings is 1. The van der Waals surface area contributed by atoms with Crippen molar-refractivity contribution in [2.24, 2.45) is 0 Å². The van der Waals surface area contributed by atoms with Crippen molar-refractivity contribution in [3.8, 4) is 0 Å². The largest absolute Gasteiger partial charge is 0.450 e. The van der Waals surface area contributed by atoms with Crippen molar-refractivity contribution in [1.82, 2.24) is 20.2 Å². The van der Waals surface area contributed by atoms with Gasteiger partial charge in [0.05, 0.1) is 17.6 Å². The van der Waals surface area contributed by atoms with Crippen molar-refractivity contribution < 1.29 is 9.53 Å². The minimum absolute atomic E-state index is 0.338. The van der Waals surface area contributed by atoms with Gasteiger partial charge in [-0.1, -0.05) is 6.07 Å². The van der Waals surface area contributed by atoms with Crippen LogP contribution in [0.4, 0.5) is 10.7 Å². The highest BCUT2D eigenvalue weighted by Crippen LogP contribution is 2.15. The molecule has 7 heteroatoms. The van der Waals surface area contributed by atoms with Crippen LogP contribution in [0.2, 0.25) is 0 Å². The van der Waals surface area contributed by atoms with Crippen LogP contribution < -0.4 is 10.6 Å². The lowest BCUT2D eigenvalue weighted by molar-refractivity contribution is 0.167. The molecule has 0 aliphatic carbocycles. The molecular weight excluding hydrogens is 294 g/mol. The predicted molar refractivity (Wildman–Crippen MR) is 91.8 cm³/mol. The van der Waals surface area contributed by atoms with E-state index in [1.54, 1.807) is 6.92 Å². The molecular formula is C16H25N5O2. The highest BCUT2D eigenvalue weighted by Gasteiger charge is 2.06. The van der Waals surface area contributed by atoms with E-state index in [0.29, 0.717) is 12.6 Å². The first kappa shape index (κ1) is 17.2. The number of nitrogens with zero attached hydrogens (tertiary/aromatic N) is 2. The van der Waals surface area contributed by atoms with Gasteiger partial charge in [0.2, 0.25) is 5.95 Å². The maximum Gasteiger partial charge on any atom is 0.413 e. The third-order valence-corrected chi connectivity index (χ3v) is 3.47. The Labute approximate surface area is 136 Å². The Hall–Kier alpha value is -2.12. The van der Waals surface area contributed by atoms with E-state index in [0.717, 1.165) is 29.7 Å². The molecule has 1 amide bonds. The quantitative estimate of drug-likeness (QED) is 0.788. The molecule has 1 aliphatic rings. The zero-order chi connectivity index (χ0) is 16.7. The van der Waals surface area contributed by atoms with Crippen LogP contribution in [0.1, 0.15) is 12.5 Å². The summed E-state index contributed by atoms with van der Waals surface area (Å²) >= 11 is 0. The van der Waals surface area contributed by atoms with Crippen molar-refractivity contribution >= 4 is 23.1 Å². The van der Waals surface area contributed by atoms with Crippen LogP contribution >= 0.6 is 0 Å². The van der Waals surface area contributed by atoms with Crippen molar-refractivity contribution in [1.29, 1.82) is 0 Å². The van der Waals surface area contributed by atoms with E-state index in [2.05, 4.69) is 32.5 Å². The molecule has 1 aromatic heterocycles. The number of aromatic nitrogens is 2. The standard InChI is InChI=1S/C11H13N3O2.C5H12N2/c1-3-16-11(15)14-10-12-8-5-4-7(2)6-9(8)13-10;1-7-4-2-6-3-5-7/h4-6H,3H2,1-2H3,(H2,12,13,14,15);6H,2-5H2,1H3. The zero-order valence-corrected chi connectivity index (χ0v) is 14.0. The monoisotopic (exact) mass is 319 g/mol. The zero-order valence-electron chi connectivity index (χ0n) is 14.0. The summed E-state index contributed by atoms with van der Waals surface area (Å²) < 4.78 is 4.76. The summed E-state index contributed by atoms with van der Waals surface area (Å²) in [6, 6.07) is 5.84. The number of ether oxygens (including phenoxy) is 1. The first-order valence-electron chi connectivity index (χ1n) is 7.88. The number of hydrogen-bond donors (Lipinski definition) is 3. The number of likely N-dealkylation sites (N-methyl/N-ethyl adjacent to an activating group) is 1. The molecule has 0 radical (unpaired) electrons. The first-order valence-corrected chi connectivity index (χ1v) is 7.88. The van der Waals surface area contributed by atoms with E-state index in [1.807, 2.05) is 25.1 Å². The van der Waals surface area contributed by atoms with E-state index < -0.39 is 6.09 Å². The molecule has 2 heterocycles. The molecule has 0 atom stereocenters. The smallest absolute Gasteiger partial charge is 0.413 e. The lowest BCUT2D eigenvalue weighted by Crippen LogP contribution is -2.40. The number of aryl methyl sites for hydroxylation is 1. The van der Waals surface area contributed by atoms with Gasteiger partial charge in [-0.3, -0.25) is 5.32 Å². The van der Waals surface area contributed by atoms with E-state index in [4.69, 9.17) is 4.74 Å². The topological polar surface area (TPSA) is 82.3 Å². The lowest BCUT2D eigenvalue weighted by Gasteiger charge is -2.21. The molecule has 23 heavy (non-hydrogen) atoms. The fourth-order valence-corrected chi connectivity index (χ4v) is 2.22. The van der Waals surface area contributed by atoms with Crippen LogP contribution in [0.5, 0.6) is 0 Å². The molecule has 7 nitrogen and oxygen atoms in total. The average molecular weight is 319 g/mol. The van der Waals surface area contributed by atoms with Gasteiger partial charge in [-0.05, 0) is 38.6 Å². The predicted octanol–water partition coefficient (Wildman–Crippen LogP) is 1.96. The Morgan fingerprint density at radius 3 is 2.74 bits per heavy atom. The van der Waals surface area contributed by atoms with Gasteiger partial charge >= 0.3 is 6.09 Å². The molecule has 3 N–H and O–H groups in total. The number of imidazole rings is 1. The minimum Gasteiger partial charge on any atom is -0.450 e. The van der Waals surface area contributed by atoms with Crippen LogP contribution in [0, 0.1) is 6.92 Å². The third kappa shape index (κ3) is 5.54. The number of carbonyl (C=O) groups is 1. The molecule has 3 rings (SSSR count). The van der Waals surface area contributed by atoms with Crippen LogP contribution in [0.15, 0.2) is 18.2 Å². The average Bonchev–Trinajstić information content (AvgIpc) is 2.90. The van der Waals surface area contributed by atoms with E-state index in [-0.39, 0.29) is 0 Å². The van der Waals surface area contributed by atoms with E-state index >= 15 is 0 Å². The van der Waals surface area contributed by atoms with Crippen molar-refractivity contribution in [3.05, 3.63) is 23.8 Å². The Kier molecular flexibility index (Phi) is 6.37. The number of benzene rings is 1. The maximum absolute atomic E-state index is 11.2. The summed E-state index contributed by atoms with van der Waals surface area (Å²) in [6.07, 6.45) is -0.502. The lowest BCUT2D eigenvalue weighted by atomic mass is 10.2. The summed E-state index contributed by atoms with van der Waals surface area (Å²) in [6.45, 7) is 8.83. The molecule has 1 fully saturated rings. The van der Waals surface area contributed by atoms with Gasteiger partial charge in [0, 0.05) is 26.2 Å². The van der Waals surface area contributed by atoms with Gasteiger partial charge in [-0.2, -0.15) is 0 Å². The van der Waals surface area contributed by atoms with Gasteiger partial charge in [-0.25, -0.2) is 9.78 Å². The van der Waals surface area contributed by atoms with Gasteiger partial charge in [0.15, 0.2) is 0 Å². The summed E-state index contributed by atoms with van der Waals surface area (Å²) in [7, 11) is 2.15. The molecule has 2 aromatic rings. The van der Waals surface area contributed by atoms with Gasteiger partial charge < -0.3 is 19.9 Å². The number of rotatable bonds is 2. The van der Waals surface area contributed by atoms with Gasteiger partial charge in [0.25, 0.3) is 0 Å². The molecule has 0 spiro atoms. The summed E-state index contributed by atoms with van der Waals surface area (Å²) in [5.41, 5.74) is 2.85. The molecule has 0 bridgehead atoms. The summed E-state index contributed by atoms with van der Waals surface area (Å²) in [5, 5.41) is 5.80. The molecule has 0 unspecified atom stereocenters. The number of carbonyl (C=O) groups excluding carboxylic acids is 1. The number of nitrogens with one attached hydrogen (secondary N) is 3. The van der Waals surface area contributed by atoms with Crippen molar-refractivity contribution in [3.63, 3.8) is 0 Å². The van der Waals surface area contributed by atoms with Crippen molar-refractivity contribution in [2.45, 2.75) is 13.8 Å². The van der Waals surface area contributed by atoms with Crippen molar-refractivity contribution in [2.75, 3.05) is 45.2 Å². The molecule has 1 aliphatic heterocycles. The summed E-state index contributed by atoms with van der Waals surface area (Å²) in [5.74, 6) is 0.402. The number of hydrogen-bond acceptors (Lipinski definition) is 5. The van der Waals surface area contributed by atoms with Crippen LogP contribution in [-0.4, -0.2) is 60.8 Å². The fraction of sp³-hybridized carbons (Fsp3) is 0.500. The Balaban J connectivity index is 0.000000229. The Bertz CT molecular complexity index is 634. The Morgan fingerprint density at radius 2 is 2.13 bits per heavy atom. The molecule has 126 valence electrons.